The van der Waals surface area contributed by atoms with Gasteiger partial charge in [-0.1, -0.05) is 18.2 Å². The molecule has 0 spiro atoms. The molecule has 8 heteroatoms. The van der Waals surface area contributed by atoms with E-state index < -0.39 is 5.60 Å². The fourth-order valence-electron chi connectivity index (χ4n) is 6.86. The van der Waals surface area contributed by atoms with Crippen LogP contribution in [0.3, 0.4) is 0 Å². The molecule has 3 aliphatic heterocycles. The minimum Gasteiger partial charge on any atom is -0.444 e. The van der Waals surface area contributed by atoms with E-state index in [0.29, 0.717) is 17.3 Å². The molecule has 0 radical (unpaired) electrons. The van der Waals surface area contributed by atoms with E-state index in [1.807, 2.05) is 43.9 Å². The van der Waals surface area contributed by atoms with Crippen molar-refractivity contribution >= 4 is 32.9 Å². The number of halogens is 1. The lowest BCUT2D eigenvalue weighted by atomic mass is 9.82. The molecule has 0 unspecified atom stereocenters. The molecule has 2 fully saturated rings. The zero-order chi connectivity index (χ0) is 28.4. The molecule has 0 bridgehead atoms. The number of hydrogen-bond donors (Lipinski definition) is 0. The number of ether oxygens (including phenoxy) is 1. The van der Waals surface area contributed by atoms with Crippen LogP contribution in [0.25, 0.3) is 16.6 Å². The summed E-state index contributed by atoms with van der Waals surface area (Å²) in [5, 5.41) is 0.631. The number of likely N-dealkylation sites (tertiary alicyclic amines) is 2. The van der Waals surface area contributed by atoms with Crippen molar-refractivity contribution < 1.29 is 9.53 Å². The van der Waals surface area contributed by atoms with Crippen molar-refractivity contribution in [3.8, 4) is 5.69 Å². The third-order valence-electron chi connectivity index (χ3n) is 8.99. The highest BCUT2D eigenvalue weighted by Crippen LogP contribution is 2.44. The van der Waals surface area contributed by atoms with Crippen molar-refractivity contribution in [1.82, 2.24) is 19.4 Å². The van der Waals surface area contributed by atoms with Gasteiger partial charge in [-0.25, -0.2) is 4.79 Å². The lowest BCUT2D eigenvalue weighted by Crippen LogP contribution is -2.49. The highest BCUT2D eigenvalue weighted by molar-refractivity contribution is 9.10. The van der Waals surface area contributed by atoms with Crippen molar-refractivity contribution in [3.63, 3.8) is 0 Å². The Kier molecular flexibility index (Phi) is 6.85. The van der Waals surface area contributed by atoms with Crippen LogP contribution < -0.4 is 5.56 Å². The molecule has 0 N–H and O–H groups in total. The minimum absolute atomic E-state index is 0.181. The maximum atomic E-state index is 13.0. The Bertz CT molecular complexity index is 1520. The van der Waals surface area contributed by atoms with Crippen molar-refractivity contribution in [3.05, 3.63) is 68.2 Å². The van der Waals surface area contributed by atoms with Gasteiger partial charge in [-0.05, 0) is 125 Å². The van der Waals surface area contributed by atoms with Gasteiger partial charge in [0.1, 0.15) is 11.4 Å². The molecule has 3 aliphatic rings. The van der Waals surface area contributed by atoms with Crippen LogP contribution in [0.15, 0.2) is 45.7 Å². The van der Waals surface area contributed by atoms with E-state index in [9.17, 15) is 9.59 Å². The molecule has 40 heavy (non-hydrogen) atoms. The predicted octanol–water partition coefficient (Wildman–Crippen LogP) is 6.37. The summed E-state index contributed by atoms with van der Waals surface area (Å²) in [6.07, 6.45) is 4.06. The molecule has 4 heterocycles. The van der Waals surface area contributed by atoms with Gasteiger partial charge in [0.05, 0.1) is 22.0 Å². The predicted molar refractivity (Wildman–Crippen MR) is 162 cm³/mol. The summed E-state index contributed by atoms with van der Waals surface area (Å²) >= 11 is 3.58. The van der Waals surface area contributed by atoms with Crippen LogP contribution in [-0.4, -0.2) is 63.3 Å². The average molecular weight is 608 g/mol. The zero-order valence-corrected chi connectivity index (χ0v) is 25.8. The molecule has 7 nitrogen and oxygen atoms in total. The molecule has 0 aliphatic carbocycles. The SMILES string of the molecule is CC(C)(C)OC(=O)N1CCC(N2CCC(c3ccc4c(c3)-n3c(nc(=O)c5c(Br)cccc53)C4(C)C)CC2)CC1. The highest BCUT2D eigenvalue weighted by atomic mass is 79.9. The number of carbonyl (C=O) groups excluding carboxylic acids is 1. The number of piperidine rings is 2. The highest BCUT2D eigenvalue weighted by Gasteiger charge is 2.39. The standard InChI is InChI=1S/C32H39BrN4O3/c1-31(2,3)40-30(39)36-17-13-22(14-18-36)35-15-11-20(12-16-35)21-9-10-23-26(19-21)37-25-8-6-7-24(33)27(25)28(38)34-29(37)32(23,4)5/h6-10,19-20,22H,11-18H2,1-5H3. The van der Waals surface area contributed by atoms with Crippen molar-refractivity contribution in [2.24, 2.45) is 0 Å². The minimum atomic E-state index is -0.455. The Morgan fingerprint density at radius 3 is 2.40 bits per heavy atom. The number of aromatic nitrogens is 2. The molecule has 212 valence electrons. The lowest BCUT2D eigenvalue weighted by molar-refractivity contribution is 0.0127. The lowest BCUT2D eigenvalue weighted by Gasteiger charge is -2.42. The number of hydrogen-bond acceptors (Lipinski definition) is 5. The molecule has 0 saturated carbocycles. The van der Waals surface area contributed by atoms with Crippen molar-refractivity contribution in [2.75, 3.05) is 26.2 Å². The number of benzene rings is 2. The van der Waals surface area contributed by atoms with E-state index in [0.717, 1.165) is 73.4 Å². The summed E-state index contributed by atoms with van der Waals surface area (Å²) in [6, 6.07) is 13.3. The van der Waals surface area contributed by atoms with Gasteiger partial charge in [0.25, 0.3) is 5.56 Å². The van der Waals surface area contributed by atoms with Gasteiger partial charge in [-0.15, -0.1) is 0 Å². The van der Waals surface area contributed by atoms with E-state index in [4.69, 9.17) is 4.74 Å². The van der Waals surface area contributed by atoms with Crippen LogP contribution in [0.1, 0.15) is 83.2 Å². The summed E-state index contributed by atoms with van der Waals surface area (Å²) < 4.78 is 8.56. The first-order valence-electron chi connectivity index (χ1n) is 14.5. The molecule has 2 saturated heterocycles. The normalized spacial score (nSPS) is 20.0. The number of carbonyl (C=O) groups is 1. The van der Waals surface area contributed by atoms with E-state index in [1.165, 1.54) is 11.1 Å². The first kappa shape index (κ1) is 27.5. The van der Waals surface area contributed by atoms with E-state index in [2.05, 4.69) is 62.4 Å². The Morgan fingerprint density at radius 2 is 1.73 bits per heavy atom. The van der Waals surface area contributed by atoms with Gasteiger partial charge in [0, 0.05) is 23.6 Å². The van der Waals surface area contributed by atoms with Crippen LogP contribution >= 0.6 is 15.9 Å². The zero-order valence-electron chi connectivity index (χ0n) is 24.2. The summed E-state index contributed by atoms with van der Waals surface area (Å²) in [7, 11) is 0. The second-order valence-corrected chi connectivity index (χ2v) is 14.0. The quantitative estimate of drug-likeness (QED) is 0.339. The molecule has 2 aromatic carbocycles. The smallest absolute Gasteiger partial charge is 0.410 e. The van der Waals surface area contributed by atoms with Gasteiger partial charge in [0.2, 0.25) is 0 Å². The Hall–Kier alpha value is -2.71. The molecule has 3 aromatic rings. The summed E-state index contributed by atoms with van der Waals surface area (Å²) in [6.45, 7) is 13.8. The number of fused-ring (bicyclic) bond motifs is 5. The second-order valence-electron chi connectivity index (χ2n) is 13.1. The number of rotatable bonds is 2. The van der Waals surface area contributed by atoms with Crippen LogP contribution in [0.4, 0.5) is 4.79 Å². The molecular weight excluding hydrogens is 568 g/mol. The van der Waals surface area contributed by atoms with Crippen LogP contribution in [-0.2, 0) is 10.2 Å². The first-order chi connectivity index (χ1) is 18.9. The first-order valence-corrected chi connectivity index (χ1v) is 15.3. The fourth-order valence-corrected chi connectivity index (χ4v) is 7.39. The number of amides is 1. The van der Waals surface area contributed by atoms with Gasteiger partial charge in [0.15, 0.2) is 0 Å². The van der Waals surface area contributed by atoms with Gasteiger partial charge >= 0.3 is 6.09 Å². The summed E-state index contributed by atoms with van der Waals surface area (Å²) in [4.78, 5) is 34.5. The van der Waals surface area contributed by atoms with Gasteiger partial charge in [-0.3, -0.25) is 9.36 Å². The Morgan fingerprint density at radius 1 is 1.02 bits per heavy atom. The molecule has 6 rings (SSSR count). The molecule has 1 amide bonds. The average Bonchev–Trinajstić information content (AvgIpc) is 3.14. The molecular formula is C32H39BrN4O3. The molecule has 1 aromatic heterocycles. The number of nitrogens with zero attached hydrogens (tertiary/aromatic N) is 4. The van der Waals surface area contributed by atoms with Crippen molar-refractivity contribution in [1.29, 1.82) is 0 Å². The summed E-state index contributed by atoms with van der Waals surface area (Å²) in [5.74, 6) is 1.31. The molecule has 0 atom stereocenters. The van der Waals surface area contributed by atoms with Crippen LogP contribution in [0.5, 0.6) is 0 Å². The third-order valence-corrected chi connectivity index (χ3v) is 9.66. The monoisotopic (exact) mass is 606 g/mol. The Balaban J connectivity index is 1.18. The van der Waals surface area contributed by atoms with Gasteiger partial charge in [-0.2, -0.15) is 4.98 Å². The topological polar surface area (TPSA) is 67.7 Å². The van der Waals surface area contributed by atoms with Crippen molar-refractivity contribution in [2.45, 2.75) is 83.3 Å². The maximum absolute atomic E-state index is 13.0. The summed E-state index contributed by atoms with van der Waals surface area (Å²) in [5.41, 5.74) is 3.64. The van der Waals surface area contributed by atoms with E-state index >= 15 is 0 Å². The Labute approximate surface area is 244 Å². The van der Waals surface area contributed by atoms with E-state index in [-0.39, 0.29) is 17.1 Å². The van der Waals surface area contributed by atoms with Crippen LogP contribution in [0.2, 0.25) is 0 Å². The maximum Gasteiger partial charge on any atom is 0.410 e. The van der Waals surface area contributed by atoms with Crippen LogP contribution in [0, 0.1) is 0 Å². The van der Waals surface area contributed by atoms with Gasteiger partial charge < -0.3 is 14.5 Å². The second kappa shape index (κ2) is 9.98. The largest absolute Gasteiger partial charge is 0.444 e. The fraction of sp³-hybridized carbons (Fsp3) is 0.531. The third kappa shape index (κ3) is 4.77. The van der Waals surface area contributed by atoms with E-state index in [1.54, 1.807) is 0 Å².